The Bertz CT molecular complexity index is 935. The van der Waals surface area contributed by atoms with Crippen LogP contribution in [0.4, 0.5) is 4.79 Å². The molecule has 2 N–H and O–H groups in total. The number of halogens is 1. The lowest BCUT2D eigenvalue weighted by Gasteiger charge is -2.26. The minimum Gasteiger partial charge on any atom is -0.465 e. The molecular weight excluding hydrogens is 342 g/mol. The number of allylic oxidation sites excluding steroid dienone is 2. The van der Waals surface area contributed by atoms with Crippen molar-refractivity contribution in [2.24, 2.45) is 0 Å². The fourth-order valence-electron chi connectivity index (χ4n) is 3.33. The average molecular weight is 358 g/mol. The standard InChI is InChI=1S/C18H16ClN3O3/c19-13-6-4-12(5-7-13)18(8-9-18)14-11-16(23)22(20-14)15-3-1-2-10-21(15)17(24)25/h1-7,10-11,15,20H,8-9H2,(H,24,25). The zero-order valence-electron chi connectivity index (χ0n) is 13.2. The first-order valence-corrected chi connectivity index (χ1v) is 8.33. The highest BCUT2D eigenvalue weighted by Gasteiger charge is 2.47. The van der Waals surface area contributed by atoms with E-state index in [1.165, 1.54) is 10.9 Å². The summed E-state index contributed by atoms with van der Waals surface area (Å²) in [6.07, 6.45) is 6.47. The summed E-state index contributed by atoms with van der Waals surface area (Å²) in [7, 11) is 0. The van der Waals surface area contributed by atoms with Gasteiger partial charge in [0, 0.05) is 28.4 Å². The summed E-state index contributed by atoms with van der Waals surface area (Å²) in [5, 5.41) is 13.1. The molecule has 4 rings (SSSR count). The third-order valence-corrected chi connectivity index (χ3v) is 5.07. The van der Waals surface area contributed by atoms with Crippen LogP contribution >= 0.6 is 11.6 Å². The maximum absolute atomic E-state index is 12.5. The molecular formula is C18H16ClN3O3. The highest BCUT2D eigenvalue weighted by atomic mass is 35.5. The van der Waals surface area contributed by atoms with Crippen molar-refractivity contribution in [3.8, 4) is 0 Å². The van der Waals surface area contributed by atoms with Crippen molar-refractivity contribution in [1.82, 2.24) is 14.7 Å². The van der Waals surface area contributed by atoms with Gasteiger partial charge in [0.05, 0.1) is 0 Å². The van der Waals surface area contributed by atoms with E-state index in [-0.39, 0.29) is 11.0 Å². The molecule has 0 saturated heterocycles. The summed E-state index contributed by atoms with van der Waals surface area (Å²) in [5.74, 6) is 0. The molecule has 1 aromatic carbocycles. The number of amides is 1. The van der Waals surface area contributed by atoms with E-state index < -0.39 is 12.3 Å². The number of carboxylic acid groups (broad SMARTS) is 1. The van der Waals surface area contributed by atoms with Crippen molar-refractivity contribution in [3.63, 3.8) is 0 Å². The molecule has 1 aromatic heterocycles. The van der Waals surface area contributed by atoms with Gasteiger partial charge in [0.15, 0.2) is 6.17 Å². The zero-order valence-corrected chi connectivity index (χ0v) is 14.0. The smallest absolute Gasteiger partial charge is 0.413 e. The van der Waals surface area contributed by atoms with Crippen LogP contribution in [0.15, 0.2) is 59.6 Å². The predicted octanol–water partition coefficient (Wildman–Crippen LogP) is 3.47. The van der Waals surface area contributed by atoms with Gasteiger partial charge >= 0.3 is 6.09 Å². The van der Waals surface area contributed by atoms with Gasteiger partial charge in [-0.3, -0.25) is 14.8 Å². The quantitative estimate of drug-likeness (QED) is 0.882. The molecule has 6 nitrogen and oxygen atoms in total. The van der Waals surface area contributed by atoms with Gasteiger partial charge in [-0.2, -0.15) is 0 Å². The van der Waals surface area contributed by atoms with Crippen molar-refractivity contribution >= 4 is 17.7 Å². The van der Waals surface area contributed by atoms with E-state index in [0.717, 1.165) is 29.0 Å². The second-order valence-electron chi connectivity index (χ2n) is 6.30. The molecule has 128 valence electrons. The van der Waals surface area contributed by atoms with Crippen LogP contribution in [0.1, 0.15) is 30.3 Å². The lowest BCUT2D eigenvalue weighted by Crippen LogP contribution is -2.37. The number of hydrogen-bond donors (Lipinski definition) is 2. The lowest BCUT2D eigenvalue weighted by atomic mass is 9.93. The topological polar surface area (TPSA) is 78.3 Å². The van der Waals surface area contributed by atoms with Crippen LogP contribution < -0.4 is 5.56 Å². The fraction of sp³-hybridized carbons (Fsp3) is 0.222. The Kier molecular flexibility index (Phi) is 3.58. The van der Waals surface area contributed by atoms with Gasteiger partial charge in [0.25, 0.3) is 5.56 Å². The van der Waals surface area contributed by atoms with Gasteiger partial charge in [-0.05, 0) is 42.7 Å². The maximum atomic E-state index is 12.5. The van der Waals surface area contributed by atoms with Crippen LogP contribution in [0.25, 0.3) is 0 Å². The van der Waals surface area contributed by atoms with Crippen molar-refractivity contribution < 1.29 is 9.90 Å². The minimum atomic E-state index is -1.12. The monoisotopic (exact) mass is 357 g/mol. The summed E-state index contributed by atoms with van der Waals surface area (Å²) in [4.78, 5) is 25.0. The van der Waals surface area contributed by atoms with Crippen molar-refractivity contribution in [1.29, 1.82) is 0 Å². The molecule has 0 bridgehead atoms. The first kappa shape index (κ1) is 15.8. The van der Waals surface area contributed by atoms with Crippen molar-refractivity contribution in [2.75, 3.05) is 0 Å². The van der Waals surface area contributed by atoms with Crippen molar-refractivity contribution in [2.45, 2.75) is 24.4 Å². The Balaban J connectivity index is 1.73. The normalized spacial score (nSPS) is 20.7. The van der Waals surface area contributed by atoms with E-state index in [2.05, 4.69) is 5.10 Å². The fourth-order valence-corrected chi connectivity index (χ4v) is 3.46. The van der Waals surface area contributed by atoms with Crippen LogP contribution in [0.3, 0.4) is 0 Å². The molecule has 2 aromatic rings. The molecule has 1 unspecified atom stereocenters. The summed E-state index contributed by atoms with van der Waals surface area (Å²) in [6.45, 7) is 0. The van der Waals surface area contributed by atoms with Gasteiger partial charge in [0.1, 0.15) is 0 Å². The summed E-state index contributed by atoms with van der Waals surface area (Å²) in [6, 6.07) is 9.18. The molecule has 0 radical (unpaired) electrons. The third-order valence-electron chi connectivity index (χ3n) is 4.82. The van der Waals surface area contributed by atoms with Gasteiger partial charge in [0.2, 0.25) is 0 Å². The van der Waals surface area contributed by atoms with E-state index in [1.807, 2.05) is 24.3 Å². The number of benzene rings is 1. The van der Waals surface area contributed by atoms with E-state index in [1.54, 1.807) is 24.3 Å². The molecule has 1 aliphatic carbocycles. The zero-order chi connectivity index (χ0) is 17.6. The van der Waals surface area contributed by atoms with E-state index in [0.29, 0.717) is 5.02 Å². The number of nitrogens with zero attached hydrogens (tertiary/aromatic N) is 2. The van der Waals surface area contributed by atoms with Gasteiger partial charge in [-0.1, -0.05) is 29.8 Å². The van der Waals surface area contributed by atoms with E-state index in [9.17, 15) is 14.7 Å². The van der Waals surface area contributed by atoms with Crippen LogP contribution in [0.5, 0.6) is 0 Å². The Morgan fingerprint density at radius 3 is 2.60 bits per heavy atom. The largest absolute Gasteiger partial charge is 0.465 e. The highest BCUT2D eigenvalue weighted by molar-refractivity contribution is 6.30. The maximum Gasteiger partial charge on any atom is 0.413 e. The molecule has 2 aliphatic rings. The number of rotatable bonds is 3. The van der Waals surface area contributed by atoms with E-state index >= 15 is 0 Å². The molecule has 1 saturated carbocycles. The summed E-state index contributed by atoms with van der Waals surface area (Å²) >= 11 is 5.97. The average Bonchev–Trinajstić information content (AvgIpc) is 3.32. The molecule has 1 atom stereocenters. The lowest BCUT2D eigenvalue weighted by molar-refractivity contribution is 0.137. The number of nitrogens with one attached hydrogen (secondary N) is 1. The van der Waals surface area contributed by atoms with Crippen LogP contribution in [0.2, 0.25) is 5.02 Å². The molecule has 1 aliphatic heterocycles. The highest BCUT2D eigenvalue weighted by Crippen LogP contribution is 2.52. The number of hydrogen-bond acceptors (Lipinski definition) is 2. The summed E-state index contributed by atoms with van der Waals surface area (Å²) < 4.78 is 1.35. The van der Waals surface area contributed by atoms with E-state index in [4.69, 9.17) is 11.6 Å². The van der Waals surface area contributed by atoms with Crippen molar-refractivity contribution in [3.05, 3.63) is 81.4 Å². The van der Waals surface area contributed by atoms with Gasteiger partial charge in [-0.15, -0.1) is 0 Å². The number of aromatic nitrogens is 2. The Labute approximate surface area is 148 Å². The molecule has 1 amide bonds. The number of aromatic amines is 1. The van der Waals surface area contributed by atoms with Gasteiger partial charge in [-0.25, -0.2) is 9.48 Å². The molecule has 2 heterocycles. The second kappa shape index (κ2) is 5.67. The molecule has 0 spiro atoms. The van der Waals surface area contributed by atoms with Crippen LogP contribution in [0, 0.1) is 0 Å². The Morgan fingerprint density at radius 1 is 1.24 bits per heavy atom. The molecule has 1 fully saturated rings. The Hall–Kier alpha value is -2.73. The van der Waals surface area contributed by atoms with Crippen LogP contribution in [-0.2, 0) is 5.41 Å². The molecule has 25 heavy (non-hydrogen) atoms. The minimum absolute atomic E-state index is 0.225. The number of H-pyrrole nitrogens is 1. The third kappa shape index (κ3) is 2.59. The first-order chi connectivity index (χ1) is 12.0. The SMILES string of the molecule is O=C(O)N1C=CC=CC1n1[nH]c(C2(c3ccc(Cl)cc3)CC2)cc1=O. The first-order valence-electron chi connectivity index (χ1n) is 7.96. The van der Waals surface area contributed by atoms with Crippen LogP contribution in [-0.4, -0.2) is 25.9 Å². The Morgan fingerprint density at radius 2 is 1.96 bits per heavy atom. The second-order valence-corrected chi connectivity index (χ2v) is 6.73. The van der Waals surface area contributed by atoms with Gasteiger partial charge < -0.3 is 5.11 Å². The molecule has 7 heteroatoms. The predicted molar refractivity (Wildman–Crippen MR) is 93.7 cm³/mol. The summed E-state index contributed by atoms with van der Waals surface area (Å²) in [5.41, 5.74) is 1.41. The number of carbonyl (C=O) groups is 1.